The molecule has 1 aliphatic heterocycles. The van der Waals surface area contributed by atoms with Crippen LogP contribution < -0.4 is 5.32 Å². The molecule has 2 heterocycles. The molecule has 25 heavy (non-hydrogen) atoms. The highest BCUT2D eigenvalue weighted by Crippen LogP contribution is 2.20. The lowest BCUT2D eigenvalue weighted by Crippen LogP contribution is -2.44. The van der Waals surface area contributed by atoms with Gasteiger partial charge in [0.2, 0.25) is 0 Å². The van der Waals surface area contributed by atoms with E-state index >= 15 is 0 Å². The number of urea groups is 1. The van der Waals surface area contributed by atoms with Crippen molar-refractivity contribution in [3.63, 3.8) is 0 Å². The summed E-state index contributed by atoms with van der Waals surface area (Å²) in [6.45, 7) is 3.23. The maximum absolute atomic E-state index is 12.5. The monoisotopic (exact) mass is 341 g/mol. The lowest BCUT2D eigenvalue weighted by Gasteiger charge is -2.31. The van der Waals surface area contributed by atoms with Crippen molar-refractivity contribution in [3.05, 3.63) is 48.8 Å². The van der Waals surface area contributed by atoms with Crippen LogP contribution in [0.4, 0.5) is 10.5 Å². The highest BCUT2D eigenvalue weighted by Gasteiger charge is 2.29. The summed E-state index contributed by atoms with van der Waals surface area (Å²) in [7, 11) is 0. The Morgan fingerprint density at radius 3 is 2.60 bits per heavy atom. The van der Waals surface area contributed by atoms with Gasteiger partial charge < -0.3 is 19.5 Å². The first kappa shape index (κ1) is 17.1. The molecule has 1 unspecified atom stereocenters. The number of hydrogen-bond donors (Lipinski definition) is 1. The van der Waals surface area contributed by atoms with Gasteiger partial charge in [-0.1, -0.05) is 0 Å². The molecule has 6 heteroatoms. The zero-order chi connectivity index (χ0) is 17.6. The normalized spacial score (nSPS) is 17.2. The van der Waals surface area contributed by atoms with E-state index in [1.165, 1.54) is 0 Å². The van der Waals surface area contributed by atoms with E-state index in [9.17, 15) is 9.59 Å². The molecule has 0 aliphatic carbocycles. The molecule has 6 nitrogen and oxygen atoms in total. The van der Waals surface area contributed by atoms with Gasteiger partial charge in [-0.05, 0) is 56.2 Å². The number of likely N-dealkylation sites (tertiary alicyclic amines) is 1. The van der Waals surface area contributed by atoms with Crippen LogP contribution in [-0.2, 0) is 9.53 Å². The highest BCUT2D eigenvalue weighted by molar-refractivity contribution is 5.90. The van der Waals surface area contributed by atoms with Gasteiger partial charge in [-0.15, -0.1) is 0 Å². The third kappa shape index (κ3) is 4.21. The molecule has 1 saturated heterocycles. The maximum Gasteiger partial charge on any atom is 0.321 e. The predicted molar refractivity (Wildman–Crippen MR) is 95.7 cm³/mol. The van der Waals surface area contributed by atoms with Crippen LogP contribution in [0.15, 0.2) is 48.8 Å². The summed E-state index contributed by atoms with van der Waals surface area (Å²) in [4.78, 5) is 26.0. The Hall–Kier alpha value is -2.76. The van der Waals surface area contributed by atoms with Crippen LogP contribution in [0.3, 0.4) is 0 Å². The zero-order valence-corrected chi connectivity index (χ0v) is 14.4. The fourth-order valence-corrected chi connectivity index (χ4v) is 3.04. The van der Waals surface area contributed by atoms with E-state index < -0.39 is 0 Å². The van der Waals surface area contributed by atoms with Crippen LogP contribution in [0.25, 0.3) is 5.69 Å². The standard InChI is InChI=1S/C19H23N3O3/c1-2-25-18(23)15-6-5-13-22(14-15)19(24)20-16-7-9-17(10-8-16)21-11-3-4-12-21/h3-4,7-12,15H,2,5-6,13-14H2,1H3,(H,20,24). The number of ether oxygens (including phenoxy) is 1. The summed E-state index contributed by atoms with van der Waals surface area (Å²) >= 11 is 0. The quantitative estimate of drug-likeness (QED) is 0.868. The lowest BCUT2D eigenvalue weighted by atomic mass is 9.98. The van der Waals surface area contributed by atoms with Gasteiger partial charge >= 0.3 is 12.0 Å². The van der Waals surface area contributed by atoms with Gasteiger partial charge in [0, 0.05) is 36.9 Å². The smallest absolute Gasteiger partial charge is 0.321 e. The van der Waals surface area contributed by atoms with Gasteiger partial charge in [-0.3, -0.25) is 4.79 Å². The van der Waals surface area contributed by atoms with Crippen LogP contribution in [0.5, 0.6) is 0 Å². The molecular weight excluding hydrogens is 318 g/mol. The third-order valence-electron chi connectivity index (χ3n) is 4.35. The van der Waals surface area contributed by atoms with E-state index in [0.29, 0.717) is 19.7 Å². The summed E-state index contributed by atoms with van der Waals surface area (Å²) in [5.41, 5.74) is 1.77. The molecule has 3 rings (SSSR count). The highest BCUT2D eigenvalue weighted by atomic mass is 16.5. The van der Waals surface area contributed by atoms with Gasteiger partial charge in [0.25, 0.3) is 0 Å². The number of aromatic nitrogens is 1. The van der Waals surface area contributed by atoms with E-state index in [4.69, 9.17) is 4.74 Å². The number of esters is 1. The van der Waals surface area contributed by atoms with Crippen LogP contribution in [0, 0.1) is 5.92 Å². The van der Waals surface area contributed by atoms with Crippen molar-refractivity contribution in [3.8, 4) is 5.69 Å². The molecule has 1 N–H and O–H groups in total. The van der Waals surface area contributed by atoms with E-state index in [-0.39, 0.29) is 17.9 Å². The molecule has 0 bridgehead atoms. The van der Waals surface area contributed by atoms with Gasteiger partial charge in [-0.25, -0.2) is 4.79 Å². The second kappa shape index (κ2) is 7.88. The van der Waals surface area contributed by atoms with Gasteiger partial charge in [0.05, 0.1) is 12.5 Å². The number of nitrogens with one attached hydrogen (secondary N) is 1. The Bertz CT molecular complexity index is 710. The predicted octanol–water partition coefficient (Wildman–Crippen LogP) is 3.28. The summed E-state index contributed by atoms with van der Waals surface area (Å²) in [6, 6.07) is 11.4. The second-order valence-electron chi connectivity index (χ2n) is 6.10. The molecule has 1 aromatic heterocycles. The number of amides is 2. The summed E-state index contributed by atoms with van der Waals surface area (Å²) in [5, 5.41) is 2.90. The topological polar surface area (TPSA) is 63.6 Å². The van der Waals surface area contributed by atoms with Gasteiger partial charge in [-0.2, -0.15) is 0 Å². The van der Waals surface area contributed by atoms with Crippen molar-refractivity contribution in [1.29, 1.82) is 0 Å². The number of piperidine rings is 1. The molecule has 0 saturated carbocycles. The van der Waals surface area contributed by atoms with E-state index in [1.807, 2.05) is 53.4 Å². The van der Waals surface area contributed by atoms with E-state index in [0.717, 1.165) is 24.2 Å². The van der Waals surface area contributed by atoms with Crippen LogP contribution in [0.2, 0.25) is 0 Å². The SMILES string of the molecule is CCOC(=O)C1CCCN(C(=O)Nc2ccc(-n3cccc3)cc2)C1. The van der Waals surface area contributed by atoms with Gasteiger partial charge in [0.1, 0.15) is 0 Å². The average Bonchev–Trinajstić information content (AvgIpc) is 3.17. The Kier molecular flexibility index (Phi) is 5.38. The molecule has 2 aromatic rings. The van der Waals surface area contributed by atoms with Crippen LogP contribution in [0.1, 0.15) is 19.8 Å². The molecule has 1 aromatic carbocycles. The minimum atomic E-state index is -0.226. The van der Waals surface area contributed by atoms with Crippen molar-refractivity contribution >= 4 is 17.7 Å². The van der Waals surface area contributed by atoms with E-state index in [2.05, 4.69) is 5.32 Å². The van der Waals surface area contributed by atoms with Crippen LogP contribution >= 0.6 is 0 Å². The van der Waals surface area contributed by atoms with Gasteiger partial charge in [0.15, 0.2) is 0 Å². The van der Waals surface area contributed by atoms with Crippen molar-refractivity contribution in [1.82, 2.24) is 9.47 Å². The number of rotatable bonds is 4. The minimum Gasteiger partial charge on any atom is -0.466 e. The fraction of sp³-hybridized carbons (Fsp3) is 0.368. The Morgan fingerprint density at radius 1 is 1.20 bits per heavy atom. The summed E-state index contributed by atoms with van der Waals surface area (Å²) < 4.78 is 7.08. The molecule has 2 amide bonds. The molecule has 0 radical (unpaired) electrons. The number of anilines is 1. The number of hydrogen-bond acceptors (Lipinski definition) is 3. The number of carbonyl (C=O) groups is 2. The van der Waals surface area contributed by atoms with Crippen LogP contribution in [-0.4, -0.2) is 41.2 Å². The Labute approximate surface area is 147 Å². The lowest BCUT2D eigenvalue weighted by molar-refractivity contribution is -0.149. The fourth-order valence-electron chi connectivity index (χ4n) is 3.04. The number of nitrogens with zero attached hydrogens (tertiary/aromatic N) is 2. The minimum absolute atomic E-state index is 0.178. The second-order valence-corrected chi connectivity index (χ2v) is 6.10. The number of carbonyl (C=O) groups excluding carboxylic acids is 2. The molecule has 0 spiro atoms. The van der Waals surface area contributed by atoms with Crippen molar-refractivity contribution in [2.45, 2.75) is 19.8 Å². The average molecular weight is 341 g/mol. The molecule has 132 valence electrons. The zero-order valence-electron chi connectivity index (χ0n) is 14.4. The first-order valence-electron chi connectivity index (χ1n) is 8.63. The first-order chi connectivity index (χ1) is 12.2. The first-order valence-corrected chi connectivity index (χ1v) is 8.63. The van der Waals surface area contributed by atoms with Crippen molar-refractivity contribution in [2.24, 2.45) is 5.92 Å². The Morgan fingerprint density at radius 2 is 1.92 bits per heavy atom. The Balaban J connectivity index is 1.59. The number of benzene rings is 1. The summed E-state index contributed by atoms with van der Waals surface area (Å²) in [5.74, 6) is -0.438. The molecule has 1 atom stereocenters. The van der Waals surface area contributed by atoms with E-state index in [1.54, 1.807) is 11.8 Å². The maximum atomic E-state index is 12.5. The largest absolute Gasteiger partial charge is 0.466 e. The summed E-state index contributed by atoms with van der Waals surface area (Å²) in [6.07, 6.45) is 5.52. The molecular formula is C19H23N3O3. The third-order valence-corrected chi connectivity index (χ3v) is 4.35. The molecule has 1 fully saturated rings. The molecule has 1 aliphatic rings. The van der Waals surface area contributed by atoms with Crippen molar-refractivity contribution in [2.75, 3.05) is 25.0 Å². The van der Waals surface area contributed by atoms with Crippen molar-refractivity contribution < 1.29 is 14.3 Å².